The molecule has 1 saturated heterocycles. The van der Waals surface area contributed by atoms with Gasteiger partial charge in [0.25, 0.3) is 0 Å². The van der Waals surface area contributed by atoms with Crippen molar-refractivity contribution in [3.63, 3.8) is 0 Å². The highest BCUT2D eigenvalue weighted by molar-refractivity contribution is 9.10. The number of carbonyl (C=O) groups excluding carboxylic acids is 1. The third kappa shape index (κ3) is 3.36. The molecule has 2 fully saturated rings. The molecular weight excluding hydrogens is 344 g/mol. The molecule has 1 aliphatic heterocycles. The van der Waals surface area contributed by atoms with Crippen molar-refractivity contribution in [3.05, 3.63) is 34.3 Å². The molecule has 5 heteroatoms. The number of nitrogens with one attached hydrogen (secondary N) is 2. The predicted octanol–water partition coefficient (Wildman–Crippen LogP) is 2.10. The summed E-state index contributed by atoms with van der Waals surface area (Å²) in [6.07, 6.45) is 4.78. The van der Waals surface area contributed by atoms with Crippen molar-refractivity contribution in [1.82, 2.24) is 10.6 Å². The van der Waals surface area contributed by atoms with E-state index >= 15 is 0 Å². The van der Waals surface area contributed by atoms with Crippen LogP contribution in [0.2, 0.25) is 0 Å². The SMILES string of the molecule is O=C(NCC1(c2ccc(Br)cc2)CCCC1)C1CC(O)CN1. The summed E-state index contributed by atoms with van der Waals surface area (Å²) in [4.78, 5) is 12.3. The lowest BCUT2D eigenvalue weighted by Gasteiger charge is -2.30. The van der Waals surface area contributed by atoms with Crippen molar-refractivity contribution >= 4 is 21.8 Å². The fourth-order valence-corrected chi connectivity index (χ4v) is 3.98. The van der Waals surface area contributed by atoms with Gasteiger partial charge in [-0.05, 0) is 37.0 Å². The van der Waals surface area contributed by atoms with E-state index in [1.807, 2.05) is 0 Å². The van der Waals surface area contributed by atoms with Crippen molar-refractivity contribution < 1.29 is 9.90 Å². The highest BCUT2D eigenvalue weighted by atomic mass is 79.9. The maximum absolute atomic E-state index is 12.3. The van der Waals surface area contributed by atoms with E-state index < -0.39 is 6.10 Å². The molecular formula is C17H23BrN2O2. The van der Waals surface area contributed by atoms with Crippen LogP contribution in [0, 0.1) is 0 Å². The van der Waals surface area contributed by atoms with E-state index in [1.165, 1.54) is 18.4 Å². The summed E-state index contributed by atoms with van der Waals surface area (Å²) in [5.41, 5.74) is 1.38. The first-order chi connectivity index (χ1) is 10.6. The lowest BCUT2D eigenvalue weighted by atomic mass is 9.79. The minimum Gasteiger partial charge on any atom is -0.392 e. The Bertz CT molecular complexity index is 526. The number of β-amino-alcohol motifs (C(OH)–C–C–N with tert-alkyl or cyclic N) is 1. The van der Waals surface area contributed by atoms with Gasteiger partial charge in [0.2, 0.25) is 5.91 Å². The molecule has 1 aliphatic carbocycles. The maximum Gasteiger partial charge on any atom is 0.237 e. The zero-order valence-electron chi connectivity index (χ0n) is 12.6. The van der Waals surface area contributed by atoms with Crippen LogP contribution in [0.5, 0.6) is 0 Å². The molecule has 0 spiro atoms. The van der Waals surface area contributed by atoms with Crippen LogP contribution in [0.1, 0.15) is 37.7 Å². The van der Waals surface area contributed by atoms with Crippen molar-refractivity contribution in [2.75, 3.05) is 13.1 Å². The smallest absolute Gasteiger partial charge is 0.237 e. The molecule has 0 bridgehead atoms. The summed E-state index contributed by atoms with van der Waals surface area (Å²) in [6, 6.07) is 8.23. The number of rotatable bonds is 4. The summed E-state index contributed by atoms with van der Waals surface area (Å²) in [5, 5.41) is 15.7. The van der Waals surface area contributed by atoms with Gasteiger partial charge in [-0.2, -0.15) is 0 Å². The lowest BCUT2D eigenvalue weighted by Crippen LogP contribution is -2.46. The Morgan fingerprint density at radius 1 is 1.32 bits per heavy atom. The first-order valence-electron chi connectivity index (χ1n) is 8.04. The van der Waals surface area contributed by atoms with E-state index in [4.69, 9.17) is 0 Å². The molecule has 1 aromatic rings. The summed E-state index contributed by atoms with van der Waals surface area (Å²) < 4.78 is 1.08. The molecule has 2 atom stereocenters. The second kappa shape index (κ2) is 6.69. The Morgan fingerprint density at radius 3 is 2.59 bits per heavy atom. The molecule has 1 amide bonds. The van der Waals surface area contributed by atoms with Gasteiger partial charge in [0.1, 0.15) is 0 Å². The quantitative estimate of drug-likeness (QED) is 0.764. The Balaban J connectivity index is 1.67. The minimum atomic E-state index is -0.400. The highest BCUT2D eigenvalue weighted by Crippen LogP contribution is 2.41. The molecule has 1 aromatic carbocycles. The number of hydrogen-bond donors (Lipinski definition) is 3. The fourth-order valence-electron chi connectivity index (χ4n) is 3.72. The molecule has 0 radical (unpaired) electrons. The van der Waals surface area contributed by atoms with E-state index in [0.29, 0.717) is 19.5 Å². The fraction of sp³-hybridized carbons (Fsp3) is 0.588. The van der Waals surface area contributed by atoms with Gasteiger partial charge in [0.15, 0.2) is 0 Å². The molecule has 2 unspecified atom stereocenters. The molecule has 3 N–H and O–H groups in total. The first-order valence-corrected chi connectivity index (χ1v) is 8.84. The average Bonchev–Trinajstić information content (AvgIpc) is 3.15. The van der Waals surface area contributed by atoms with Crippen molar-refractivity contribution in [2.24, 2.45) is 0 Å². The van der Waals surface area contributed by atoms with Crippen LogP contribution in [-0.4, -0.2) is 36.2 Å². The summed E-state index contributed by atoms with van der Waals surface area (Å²) in [7, 11) is 0. The zero-order chi connectivity index (χ0) is 15.6. The molecule has 120 valence electrons. The van der Waals surface area contributed by atoms with Crippen LogP contribution in [-0.2, 0) is 10.2 Å². The number of aliphatic hydroxyl groups is 1. The topological polar surface area (TPSA) is 61.4 Å². The Hall–Kier alpha value is -0.910. The Labute approximate surface area is 139 Å². The standard InChI is InChI=1S/C17H23BrN2O2/c18-13-5-3-12(4-6-13)17(7-1-2-8-17)11-20-16(22)15-9-14(21)10-19-15/h3-6,14-15,19,21H,1-2,7-11H2,(H,20,22). The van der Waals surface area contributed by atoms with Crippen molar-refractivity contribution in [1.29, 1.82) is 0 Å². The number of benzene rings is 1. The maximum atomic E-state index is 12.3. The van der Waals surface area contributed by atoms with Crippen LogP contribution < -0.4 is 10.6 Å². The summed E-state index contributed by atoms with van der Waals surface area (Å²) >= 11 is 3.48. The number of halogens is 1. The van der Waals surface area contributed by atoms with Crippen molar-refractivity contribution in [2.45, 2.75) is 49.7 Å². The van der Waals surface area contributed by atoms with Crippen molar-refractivity contribution in [3.8, 4) is 0 Å². The second-order valence-electron chi connectivity index (χ2n) is 6.56. The molecule has 2 aliphatic rings. The van der Waals surface area contributed by atoms with Crippen LogP contribution in [0.4, 0.5) is 0 Å². The Kier molecular flexibility index (Phi) is 4.85. The van der Waals surface area contributed by atoms with E-state index in [1.54, 1.807) is 0 Å². The molecule has 4 nitrogen and oxygen atoms in total. The van der Waals surface area contributed by atoms with Gasteiger partial charge in [0, 0.05) is 23.0 Å². The van der Waals surface area contributed by atoms with Gasteiger partial charge in [-0.1, -0.05) is 40.9 Å². The Morgan fingerprint density at radius 2 is 2.00 bits per heavy atom. The van der Waals surface area contributed by atoms with Gasteiger partial charge < -0.3 is 15.7 Å². The number of amides is 1. The van der Waals surface area contributed by atoms with E-state index in [9.17, 15) is 9.90 Å². The molecule has 22 heavy (non-hydrogen) atoms. The monoisotopic (exact) mass is 366 g/mol. The minimum absolute atomic E-state index is 0.0138. The van der Waals surface area contributed by atoms with Gasteiger partial charge >= 0.3 is 0 Å². The average molecular weight is 367 g/mol. The molecule has 3 rings (SSSR count). The lowest BCUT2D eigenvalue weighted by molar-refractivity contribution is -0.123. The molecule has 0 aromatic heterocycles. The van der Waals surface area contributed by atoms with E-state index in [2.05, 4.69) is 50.8 Å². The summed E-state index contributed by atoms with van der Waals surface area (Å²) in [6.45, 7) is 1.19. The predicted molar refractivity (Wildman–Crippen MR) is 89.7 cm³/mol. The highest BCUT2D eigenvalue weighted by Gasteiger charge is 2.37. The van der Waals surface area contributed by atoms with E-state index in [-0.39, 0.29) is 17.4 Å². The van der Waals surface area contributed by atoms with E-state index in [0.717, 1.165) is 17.3 Å². The molecule has 1 heterocycles. The molecule has 1 saturated carbocycles. The van der Waals surface area contributed by atoms with Crippen LogP contribution in [0.25, 0.3) is 0 Å². The summed E-state index contributed by atoms with van der Waals surface area (Å²) in [5.74, 6) is 0.0138. The third-order valence-electron chi connectivity index (χ3n) is 5.04. The van der Waals surface area contributed by atoms with Crippen LogP contribution >= 0.6 is 15.9 Å². The number of hydrogen-bond acceptors (Lipinski definition) is 3. The first kappa shape index (κ1) is 16.0. The zero-order valence-corrected chi connectivity index (χ0v) is 14.2. The van der Waals surface area contributed by atoms with Gasteiger partial charge in [-0.3, -0.25) is 4.79 Å². The number of carbonyl (C=O) groups is 1. The largest absolute Gasteiger partial charge is 0.392 e. The van der Waals surface area contributed by atoms with Gasteiger partial charge in [-0.15, -0.1) is 0 Å². The van der Waals surface area contributed by atoms with Crippen LogP contribution in [0.15, 0.2) is 28.7 Å². The van der Waals surface area contributed by atoms with Gasteiger partial charge in [0.05, 0.1) is 12.1 Å². The third-order valence-corrected chi connectivity index (χ3v) is 5.57. The van der Waals surface area contributed by atoms with Gasteiger partial charge in [-0.25, -0.2) is 0 Å². The second-order valence-corrected chi connectivity index (χ2v) is 7.48. The number of aliphatic hydroxyl groups excluding tert-OH is 1. The van der Waals surface area contributed by atoms with Crippen LogP contribution in [0.3, 0.4) is 0 Å². The normalized spacial score (nSPS) is 27.0.